The van der Waals surface area contributed by atoms with E-state index in [0.29, 0.717) is 0 Å². The molecule has 3 aromatic carbocycles. The Morgan fingerprint density at radius 2 is 0.900 bits per heavy atom. The van der Waals surface area contributed by atoms with Crippen molar-refractivity contribution in [2.45, 2.75) is 52.6 Å². The number of benzene rings is 3. The zero-order chi connectivity index (χ0) is 21.4. The van der Waals surface area contributed by atoms with E-state index in [2.05, 4.69) is 119 Å². The van der Waals surface area contributed by atoms with Crippen LogP contribution < -0.4 is 15.9 Å². The van der Waals surface area contributed by atoms with Crippen molar-refractivity contribution in [1.82, 2.24) is 0 Å². The molecule has 3 heteroatoms. The molecule has 0 saturated heterocycles. The van der Waals surface area contributed by atoms with Gasteiger partial charge in [-0.25, -0.2) is 0 Å². The normalized spacial score (nSPS) is 12.1. The van der Waals surface area contributed by atoms with E-state index in [-0.39, 0.29) is 18.5 Å². The van der Waals surface area contributed by atoms with Crippen LogP contribution in [0.15, 0.2) is 91.0 Å². The van der Waals surface area contributed by atoms with Crippen LogP contribution in [0.1, 0.15) is 34.1 Å². The molecule has 0 saturated carbocycles. The molecule has 3 rings (SSSR count). The third-order valence-corrected chi connectivity index (χ3v) is 9.61. The molecule has 0 radical (unpaired) electrons. The lowest BCUT2D eigenvalue weighted by molar-refractivity contribution is -0.181. The first-order valence-electron chi connectivity index (χ1n) is 10.9. The fraction of sp³-hybridized carbons (Fsp3) is 0.333. The summed E-state index contributed by atoms with van der Waals surface area (Å²) in [5.74, 6) is 0. The van der Waals surface area contributed by atoms with Crippen molar-refractivity contribution in [3.63, 3.8) is 0 Å². The second kappa shape index (κ2) is 10.9. The largest absolute Gasteiger partial charge is 0.350 e. The van der Waals surface area contributed by atoms with Gasteiger partial charge in [-0.15, -0.1) is 0 Å². The summed E-state index contributed by atoms with van der Waals surface area (Å²) in [5, 5.41) is 4.20. The van der Waals surface area contributed by atoms with Crippen LogP contribution in [0.25, 0.3) is 0 Å². The Labute approximate surface area is 182 Å². The van der Waals surface area contributed by atoms with E-state index in [1.54, 1.807) is 0 Å². The highest BCUT2D eigenvalue weighted by Gasteiger charge is 2.45. The Balaban J connectivity index is 2.09. The van der Waals surface area contributed by atoms with Gasteiger partial charge in [-0.2, -0.15) is 0 Å². The molecule has 0 aliphatic carbocycles. The molecule has 0 aliphatic heterocycles. The van der Waals surface area contributed by atoms with Crippen LogP contribution >= 0.6 is 7.26 Å². The van der Waals surface area contributed by atoms with Gasteiger partial charge < -0.3 is 9.47 Å². The van der Waals surface area contributed by atoms with Crippen molar-refractivity contribution in [2.75, 3.05) is 6.16 Å². The molecule has 30 heavy (non-hydrogen) atoms. The predicted octanol–water partition coefficient (Wildman–Crippen LogP) is 5.55. The molecule has 158 valence electrons. The maximum atomic E-state index is 6.16. The Morgan fingerprint density at radius 1 is 0.567 bits per heavy atom. The summed E-state index contributed by atoms with van der Waals surface area (Å²) in [5.41, 5.74) is 0. The van der Waals surface area contributed by atoms with Crippen LogP contribution in [0.4, 0.5) is 0 Å². The molecule has 0 atom stereocenters. The minimum absolute atomic E-state index is 0.131. The predicted molar refractivity (Wildman–Crippen MR) is 131 cm³/mol. The first kappa shape index (κ1) is 22.7. The molecule has 0 fully saturated rings. The topological polar surface area (TPSA) is 18.5 Å². The Bertz CT molecular complexity index is 756. The third kappa shape index (κ3) is 5.58. The zero-order valence-electron chi connectivity index (χ0n) is 18.6. The lowest BCUT2D eigenvalue weighted by atomic mass is 10.3. The summed E-state index contributed by atoms with van der Waals surface area (Å²) in [6.45, 7) is 8.30. The van der Waals surface area contributed by atoms with Gasteiger partial charge in [0.05, 0.1) is 18.4 Å². The molecule has 0 unspecified atom stereocenters. The summed E-state index contributed by atoms with van der Waals surface area (Å²) >= 11 is 0. The van der Waals surface area contributed by atoms with Gasteiger partial charge in [0.15, 0.2) is 6.29 Å². The molecule has 0 spiro atoms. The van der Waals surface area contributed by atoms with E-state index < -0.39 is 7.26 Å². The highest BCUT2D eigenvalue weighted by atomic mass is 31.2. The number of ether oxygens (including phenoxy) is 2. The van der Waals surface area contributed by atoms with Gasteiger partial charge in [-0.1, -0.05) is 54.6 Å². The number of hydrogen-bond donors (Lipinski definition) is 0. The summed E-state index contributed by atoms with van der Waals surface area (Å²) in [4.78, 5) is 0. The first-order valence-corrected chi connectivity index (χ1v) is 12.9. The minimum atomic E-state index is -1.85. The lowest BCUT2D eigenvalue weighted by Crippen LogP contribution is -2.35. The van der Waals surface area contributed by atoms with Crippen molar-refractivity contribution >= 4 is 23.2 Å². The fourth-order valence-corrected chi connectivity index (χ4v) is 8.27. The van der Waals surface area contributed by atoms with Crippen LogP contribution in [0.5, 0.6) is 0 Å². The molecule has 0 N–H and O–H groups in total. The average Bonchev–Trinajstić information content (AvgIpc) is 2.75. The van der Waals surface area contributed by atoms with E-state index >= 15 is 0 Å². The first-order chi connectivity index (χ1) is 14.5. The SMILES string of the molecule is CC(C)OC(CC[P+](c1ccccc1)(c1ccccc1)c1ccccc1)OC(C)C. The second-order valence-corrected chi connectivity index (χ2v) is 11.7. The molecule has 0 amide bonds. The smallest absolute Gasteiger partial charge is 0.161 e. The van der Waals surface area contributed by atoms with Crippen LogP contribution in [-0.2, 0) is 9.47 Å². The van der Waals surface area contributed by atoms with Crippen LogP contribution in [-0.4, -0.2) is 24.7 Å². The number of hydrogen-bond acceptors (Lipinski definition) is 2. The van der Waals surface area contributed by atoms with E-state index in [0.717, 1.165) is 12.6 Å². The zero-order valence-corrected chi connectivity index (χ0v) is 19.5. The second-order valence-electron chi connectivity index (χ2n) is 8.13. The van der Waals surface area contributed by atoms with E-state index in [1.807, 2.05) is 0 Å². The van der Waals surface area contributed by atoms with E-state index in [4.69, 9.17) is 9.47 Å². The molecule has 0 aliphatic rings. The van der Waals surface area contributed by atoms with Crippen molar-refractivity contribution < 1.29 is 9.47 Å². The third-order valence-electron chi connectivity index (χ3n) is 5.14. The number of rotatable bonds is 10. The highest BCUT2D eigenvalue weighted by Crippen LogP contribution is 2.56. The molecular weight excluding hydrogens is 387 g/mol. The molecule has 0 heterocycles. The average molecular weight is 422 g/mol. The maximum Gasteiger partial charge on any atom is 0.161 e. The Kier molecular flexibility index (Phi) is 8.22. The van der Waals surface area contributed by atoms with Gasteiger partial charge in [0.1, 0.15) is 23.2 Å². The van der Waals surface area contributed by atoms with Crippen LogP contribution in [0, 0.1) is 0 Å². The fourth-order valence-electron chi connectivity index (χ4n) is 3.96. The molecule has 2 nitrogen and oxygen atoms in total. The van der Waals surface area contributed by atoms with E-state index in [9.17, 15) is 0 Å². The lowest BCUT2D eigenvalue weighted by Gasteiger charge is -2.30. The van der Waals surface area contributed by atoms with Gasteiger partial charge in [-0.05, 0) is 64.1 Å². The molecule has 0 aromatic heterocycles. The maximum absolute atomic E-state index is 6.16. The van der Waals surface area contributed by atoms with Gasteiger partial charge in [0.25, 0.3) is 0 Å². The van der Waals surface area contributed by atoms with Crippen LogP contribution in [0.2, 0.25) is 0 Å². The van der Waals surface area contributed by atoms with Gasteiger partial charge in [-0.3, -0.25) is 0 Å². The quantitative estimate of drug-likeness (QED) is 0.316. The monoisotopic (exact) mass is 421 g/mol. The summed E-state index contributed by atoms with van der Waals surface area (Å²) in [6, 6.07) is 32.9. The van der Waals surface area contributed by atoms with Gasteiger partial charge >= 0.3 is 0 Å². The molecule has 0 bridgehead atoms. The summed E-state index contributed by atoms with van der Waals surface area (Å²) in [7, 11) is -1.85. The minimum Gasteiger partial charge on any atom is -0.350 e. The summed E-state index contributed by atoms with van der Waals surface area (Å²) in [6.07, 6.45) is 1.90. The van der Waals surface area contributed by atoms with Crippen LogP contribution in [0.3, 0.4) is 0 Å². The van der Waals surface area contributed by atoms with Crippen molar-refractivity contribution in [3.05, 3.63) is 91.0 Å². The highest BCUT2D eigenvalue weighted by molar-refractivity contribution is 7.95. The molecular formula is C27H34O2P+. The Morgan fingerprint density at radius 3 is 1.20 bits per heavy atom. The van der Waals surface area contributed by atoms with Gasteiger partial charge in [0.2, 0.25) is 0 Å². The van der Waals surface area contributed by atoms with E-state index in [1.165, 1.54) is 15.9 Å². The Hall–Kier alpha value is -1.99. The van der Waals surface area contributed by atoms with Crippen molar-refractivity contribution in [1.29, 1.82) is 0 Å². The van der Waals surface area contributed by atoms with Crippen molar-refractivity contribution in [3.8, 4) is 0 Å². The van der Waals surface area contributed by atoms with Crippen molar-refractivity contribution in [2.24, 2.45) is 0 Å². The summed E-state index contributed by atoms with van der Waals surface area (Å²) < 4.78 is 12.3. The molecule has 3 aromatic rings. The standard InChI is InChI=1S/C27H34O2P/c1-22(2)28-27(29-23(3)4)20-21-30(24-14-8-5-9-15-24,25-16-10-6-11-17-25)26-18-12-7-13-19-26/h5-19,22-23,27H,20-21H2,1-4H3/q+1. The van der Waals surface area contributed by atoms with Gasteiger partial charge in [0, 0.05) is 6.42 Å².